The Bertz CT molecular complexity index is 808. The van der Waals surface area contributed by atoms with Crippen molar-refractivity contribution in [3.05, 3.63) is 47.9 Å². The highest BCUT2D eigenvalue weighted by Crippen LogP contribution is 2.32. The number of benzene rings is 1. The summed E-state index contributed by atoms with van der Waals surface area (Å²) in [6, 6.07) is 10.2. The predicted molar refractivity (Wildman–Crippen MR) is 93.6 cm³/mol. The van der Waals surface area contributed by atoms with E-state index in [-0.39, 0.29) is 0 Å². The van der Waals surface area contributed by atoms with Gasteiger partial charge >= 0.3 is 0 Å². The van der Waals surface area contributed by atoms with E-state index in [1.807, 2.05) is 24.4 Å². The quantitative estimate of drug-likeness (QED) is 0.681. The molecule has 1 saturated heterocycles. The lowest BCUT2D eigenvalue weighted by molar-refractivity contribution is 0.122. The van der Waals surface area contributed by atoms with Crippen molar-refractivity contribution in [2.75, 3.05) is 31.2 Å². The highest BCUT2D eigenvalue weighted by molar-refractivity contribution is 7.17. The van der Waals surface area contributed by atoms with Crippen molar-refractivity contribution in [2.24, 2.45) is 5.10 Å². The first-order valence-electron chi connectivity index (χ1n) is 7.68. The Kier molecular flexibility index (Phi) is 4.30. The number of hydrogen-bond donors (Lipinski definition) is 0. The van der Waals surface area contributed by atoms with Crippen LogP contribution in [0.4, 0.5) is 5.13 Å². The zero-order valence-corrected chi connectivity index (χ0v) is 13.8. The van der Waals surface area contributed by atoms with Gasteiger partial charge in [-0.15, -0.1) is 10.2 Å². The molecule has 0 saturated carbocycles. The Morgan fingerprint density at radius 2 is 1.83 bits per heavy atom. The molecule has 0 N–H and O–H groups in total. The summed E-state index contributed by atoms with van der Waals surface area (Å²) >= 11 is 1.64. The van der Waals surface area contributed by atoms with Crippen molar-refractivity contribution >= 4 is 22.7 Å². The van der Waals surface area contributed by atoms with E-state index in [1.54, 1.807) is 28.7 Å². The van der Waals surface area contributed by atoms with Gasteiger partial charge in [-0.1, -0.05) is 41.7 Å². The highest BCUT2D eigenvalue weighted by Gasteiger charge is 2.18. The molecule has 2 aromatic heterocycles. The Morgan fingerprint density at radius 1 is 1.08 bits per heavy atom. The van der Waals surface area contributed by atoms with Gasteiger partial charge in [0.2, 0.25) is 0 Å². The standard InChI is InChI=1S/C16H16N6OS/c1-2-4-13(5-3-1)15-14(10-19-22-11-17-18-12-22)24-16(20-15)21-6-8-23-9-7-21/h1-5,10-12H,6-9H2/b19-10-. The molecule has 7 nitrogen and oxygen atoms in total. The minimum atomic E-state index is 0.740. The van der Waals surface area contributed by atoms with E-state index in [0.717, 1.165) is 47.6 Å². The van der Waals surface area contributed by atoms with E-state index in [0.29, 0.717) is 0 Å². The fraction of sp³-hybridized carbons (Fsp3) is 0.250. The van der Waals surface area contributed by atoms with Gasteiger partial charge in [-0.05, 0) is 0 Å². The third kappa shape index (κ3) is 3.19. The van der Waals surface area contributed by atoms with Crippen LogP contribution in [0.3, 0.4) is 0 Å². The van der Waals surface area contributed by atoms with Crippen LogP contribution in [0.15, 0.2) is 48.1 Å². The van der Waals surface area contributed by atoms with Crippen LogP contribution < -0.4 is 4.90 Å². The Balaban J connectivity index is 1.70. The molecule has 0 bridgehead atoms. The molecule has 0 atom stereocenters. The van der Waals surface area contributed by atoms with Gasteiger partial charge in [-0.3, -0.25) is 0 Å². The van der Waals surface area contributed by atoms with Crippen molar-refractivity contribution < 1.29 is 4.74 Å². The molecular weight excluding hydrogens is 324 g/mol. The number of rotatable bonds is 4. The number of thiazole rings is 1. The van der Waals surface area contributed by atoms with Crippen molar-refractivity contribution in [2.45, 2.75) is 0 Å². The largest absolute Gasteiger partial charge is 0.378 e. The van der Waals surface area contributed by atoms with Crippen LogP contribution in [0.1, 0.15) is 4.88 Å². The second-order valence-corrected chi connectivity index (χ2v) is 6.27. The van der Waals surface area contributed by atoms with Gasteiger partial charge in [-0.25, -0.2) is 9.66 Å². The fourth-order valence-corrected chi connectivity index (χ4v) is 3.48. The molecular formula is C16H16N6OS. The Labute approximate surface area is 143 Å². The molecule has 0 unspecified atom stereocenters. The SMILES string of the molecule is C(=N/n1cnnc1)/c1sc(N2CCOCC2)nc1-c1ccccc1. The number of ether oxygens (including phenoxy) is 1. The summed E-state index contributed by atoms with van der Waals surface area (Å²) in [6.07, 6.45) is 4.93. The maximum absolute atomic E-state index is 5.43. The molecule has 8 heteroatoms. The molecule has 0 amide bonds. The molecule has 0 radical (unpaired) electrons. The smallest absolute Gasteiger partial charge is 0.186 e. The molecule has 1 fully saturated rings. The van der Waals surface area contributed by atoms with Gasteiger partial charge in [0.05, 0.1) is 30.0 Å². The summed E-state index contributed by atoms with van der Waals surface area (Å²) in [5, 5.41) is 12.9. The third-order valence-electron chi connectivity index (χ3n) is 3.69. The second kappa shape index (κ2) is 6.90. The molecule has 1 aromatic carbocycles. The Morgan fingerprint density at radius 3 is 2.58 bits per heavy atom. The predicted octanol–water partition coefficient (Wildman–Crippen LogP) is 2.12. The van der Waals surface area contributed by atoms with Crippen LogP contribution in [-0.2, 0) is 4.74 Å². The molecule has 0 aliphatic carbocycles. The first-order chi connectivity index (χ1) is 11.9. The summed E-state index contributed by atoms with van der Waals surface area (Å²) in [7, 11) is 0. The molecule has 3 aromatic rings. The van der Waals surface area contributed by atoms with E-state index < -0.39 is 0 Å². The fourth-order valence-electron chi connectivity index (χ4n) is 2.47. The van der Waals surface area contributed by atoms with Crippen LogP contribution >= 0.6 is 11.3 Å². The van der Waals surface area contributed by atoms with E-state index in [1.165, 1.54) is 0 Å². The van der Waals surface area contributed by atoms with Gasteiger partial charge in [0.15, 0.2) is 5.13 Å². The minimum absolute atomic E-state index is 0.740. The van der Waals surface area contributed by atoms with Crippen LogP contribution in [0.25, 0.3) is 11.3 Å². The average Bonchev–Trinajstić information content (AvgIpc) is 3.31. The van der Waals surface area contributed by atoms with Crippen molar-refractivity contribution in [3.8, 4) is 11.3 Å². The minimum Gasteiger partial charge on any atom is -0.378 e. The molecule has 0 spiro atoms. The number of aromatic nitrogens is 4. The van der Waals surface area contributed by atoms with E-state index in [2.05, 4.69) is 32.3 Å². The second-order valence-electron chi connectivity index (χ2n) is 5.26. The normalized spacial score (nSPS) is 15.2. The van der Waals surface area contributed by atoms with Gasteiger partial charge in [0, 0.05) is 18.7 Å². The topological polar surface area (TPSA) is 68.4 Å². The Hall–Kier alpha value is -2.58. The highest BCUT2D eigenvalue weighted by atomic mass is 32.1. The molecule has 3 heterocycles. The summed E-state index contributed by atoms with van der Waals surface area (Å²) in [4.78, 5) is 8.13. The maximum Gasteiger partial charge on any atom is 0.186 e. The summed E-state index contributed by atoms with van der Waals surface area (Å²) in [5.74, 6) is 0. The summed E-state index contributed by atoms with van der Waals surface area (Å²) < 4.78 is 7.00. The van der Waals surface area contributed by atoms with Crippen LogP contribution in [0, 0.1) is 0 Å². The number of morpholine rings is 1. The van der Waals surface area contributed by atoms with Gasteiger partial charge in [0.25, 0.3) is 0 Å². The summed E-state index contributed by atoms with van der Waals surface area (Å²) in [5.41, 5.74) is 2.03. The van der Waals surface area contributed by atoms with Crippen molar-refractivity contribution in [3.63, 3.8) is 0 Å². The lowest BCUT2D eigenvalue weighted by atomic mass is 10.1. The lowest BCUT2D eigenvalue weighted by Crippen LogP contribution is -2.36. The van der Waals surface area contributed by atoms with Gasteiger partial charge in [0.1, 0.15) is 12.7 Å². The number of nitrogens with zero attached hydrogens (tertiary/aromatic N) is 6. The van der Waals surface area contributed by atoms with E-state index in [4.69, 9.17) is 9.72 Å². The molecule has 122 valence electrons. The zero-order valence-electron chi connectivity index (χ0n) is 12.9. The van der Waals surface area contributed by atoms with Crippen LogP contribution in [0.5, 0.6) is 0 Å². The number of anilines is 1. The van der Waals surface area contributed by atoms with E-state index in [9.17, 15) is 0 Å². The first kappa shape index (κ1) is 15.0. The average molecular weight is 340 g/mol. The van der Waals surface area contributed by atoms with Gasteiger partial charge < -0.3 is 9.64 Å². The first-order valence-corrected chi connectivity index (χ1v) is 8.50. The zero-order chi connectivity index (χ0) is 16.2. The summed E-state index contributed by atoms with van der Waals surface area (Å²) in [6.45, 7) is 3.21. The van der Waals surface area contributed by atoms with Crippen LogP contribution in [-0.4, -0.2) is 52.4 Å². The van der Waals surface area contributed by atoms with Crippen LogP contribution in [0.2, 0.25) is 0 Å². The maximum atomic E-state index is 5.43. The molecule has 24 heavy (non-hydrogen) atoms. The lowest BCUT2D eigenvalue weighted by Gasteiger charge is -2.26. The van der Waals surface area contributed by atoms with E-state index >= 15 is 0 Å². The monoisotopic (exact) mass is 340 g/mol. The van der Waals surface area contributed by atoms with Crippen molar-refractivity contribution in [1.82, 2.24) is 19.9 Å². The molecule has 1 aliphatic heterocycles. The number of hydrogen-bond acceptors (Lipinski definition) is 7. The molecule has 1 aliphatic rings. The molecule has 4 rings (SSSR count). The van der Waals surface area contributed by atoms with Crippen molar-refractivity contribution in [1.29, 1.82) is 0 Å². The van der Waals surface area contributed by atoms with Gasteiger partial charge in [-0.2, -0.15) is 5.10 Å². The third-order valence-corrected chi connectivity index (χ3v) is 4.74.